The molecule has 3 atom stereocenters. The molecule has 0 unspecified atom stereocenters. The minimum Gasteiger partial charge on any atom is -0.475 e. The number of nitrogens with zero attached hydrogens (tertiary/aromatic N) is 3. The van der Waals surface area contributed by atoms with Crippen LogP contribution >= 0.6 is 0 Å². The third kappa shape index (κ3) is 6.19. The number of aryl methyl sites for hydroxylation is 1. The molecule has 0 aromatic carbocycles. The number of hydrogen-bond donors (Lipinski definition) is 2. The number of fused-ring (bicyclic) bond motifs is 1. The maximum atomic E-state index is 12.4. The summed E-state index contributed by atoms with van der Waals surface area (Å²) >= 11 is 0. The van der Waals surface area contributed by atoms with Crippen LogP contribution in [0.1, 0.15) is 24.3 Å². The number of carboxylic acid groups (broad SMARTS) is 1. The number of aromatic nitrogens is 2. The average molecular weight is 456 g/mol. The SMILES string of the molecule is Cc1ccc(N2CC[C@H]3C[C@H](C(=O)NCc4ccco4)O[C@H]3C2)nn1.O=C(O)C(F)(F)F. The molecule has 0 saturated carbocycles. The Morgan fingerprint density at radius 1 is 1.28 bits per heavy atom. The number of alkyl halides is 3. The lowest BCUT2D eigenvalue weighted by atomic mass is 9.91. The van der Waals surface area contributed by atoms with Crippen LogP contribution in [0.3, 0.4) is 0 Å². The number of anilines is 1. The molecular weight excluding hydrogens is 433 g/mol. The summed E-state index contributed by atoms with van der Waals surface area (Å²) in [6.45, 7) is 3.99. The van der Waals surface area contributed by atoms with Crippen LogP contribution in [-0.2, 0) is 20.9 Å². The van der Waals surface area contributed by atoms with Gasteiger partial charge in [0.25, 0.3) is 0 Å². The number of rotatable bonds is 4. The van der Waals surface area contributed by atoms with E-state index in [4.69, 9.17) is 19.1 Å². The van der Waals surface area contributed by atoms with Crippen LogP contribution in [0.25, 0.3) is 0 Å². The van der Waals surface area contributed by atoms with Gasteiger partial charge in [-0.05, 0) is 49.9 Å². The van der Waals surface area contributed by atoms with Gasteiger partial charge in [0.15, 0.2) is 5.82 Å². The summed E-state index contributed by atoms with van der Waals surface area (Å²) in [7, 11) is 0. The maximum absolute atomic E-state index is 12.4. The standard InChI is InChI=1S/C18H22N4O3.C2HF3O2/c1-12-4-5-17(21-20-12)22-7-6-13-9-15(25-16(13)11-22)18(23)19-10-14-3-2-8-24-14;3-2(4,5)1(6)7/h2-5,8,13,15-16H,6-7,9-11H2,1H3,(H,19,23);(H,6,7)/t13-,15+,16-;/m0./s1. The van der Waals surface area contributed by atoms with Crippen LogP contribution in [0.2, 0.25) is 0 Å². The Morgan fingerprint density at radius 2 is 2.03 bits per heavy atom. The van der Waals surface area contributed by atoms with Gasteiger partial charge in [-0.25, -0.2) is 4.79 Å². The van der Waals surface area contributed by atoms with Crippen LogP contribution in [0.15, 0.2) is 34.9 Å². The Kier molecular flexibility index (Phi) is 7.33. The van der Waals surface area contributed by atoms with Crippen molar-refractivity contribution < 1.29 is 37.0 Å². The first kappa shape index (κ1) is 23.5. The van der Waals surface area contributed by atoms with Gasteiger partial charge in [-0.2, -0.15) is 18.3 Å². The van der Waals surface area contributed by atoms with Crippen LogP contribution in [0.5, 0.6) is 0 Å². The van der Waals surface area contributed by atoms with Crippen molar-refractivity contribution in [3.05, 3.63) is 42.0 Å². The number of furan rings is 1. The van der Waals surface area contributed by atoms with Gasteiger partial charge in [-0.1, -0.05) is 0 Å². The highest BCUT2D eigenvalue weighted by molar-refractivity contribution is 5.81. The molecule has 2 aromatic heterocycles. The first-order chi connectivity index (χ1) is 15.1. The van der Waals surface area contributed by atoms with Gasteiger partial charge in [0.1, 0.15) is 11.9 Å². The lowest BCUT2D eigenvalue weighted by molar-refractivity contribution is -0.192. The number of hydrogen-bond acceptors (Lipinski definition) is 7. The highest BCUT2D eigenvalue weighted by Crippen LogP contribution is 2.34. The topological polar surface area (TPSA) is 118 Å². The molecule has 2 fully saturated rings. The number of ether oxygens (including phenoxy) is 1. The number of carboxylic acids is 1. The Morgan fingerprint density at radius 3 is 2.62 bits per heavy atom. The molecule has 1 amide bonds. The molecule has 2 aliphatic rings. The minimum atomic E-state index is -5.08. The second-order valence-corrected chi connectivity index (χ2v) is 7.53. The molecule has 2 aliphatic heterocycles. The lowest BCUT2D eigenvalue weighted by Crippen LogP contribution is -2.43. The van der Waals surface area contributed by atoms with Gasteiger partial charge in [-0.15, -0.1) is 5.10 Å². The second-order valence-electron chi connectivity index (χ2n) is 7.53. The van der Waals surface area contributed by atoms with E-state index in [0.29, 0.717) is 12.5 Å². The number of aliphatic carboxylic acids is 1. The highest BCUT2D eigenvalue weighted by atomic mass is 19.4. The molecule has 0 radical (unpaired) electrons. The van der Waals surface area contributed by atoms with Crippen molar-refractivity contribution in [1.82, 2.24) is 15.5 Å². The third-order valence-corrected chi connectivity index (χ3v) is 5.21. The van der Waals surface area contributed by atoms with E-state index in [9.17, 15) is 18.0 Å². The fraction of sp³-hybridized carbons (Fsp3) is 0.500. The van der Waals surface area contributed by atoms with E-state index in [-0.39, 0.29) is 18.1 Å². The maximum Gasteiger partial charge on any atom is 0.490 e. The predicted molar refractivity (Wildman–Crippen MR) is 105 cm³/mol. The van der Waals surface area contributed by atoms with Crippen molar-refractivity contribution >= 4 is 17.7 Å². The van der Waals surface area contributed by atoms with Crippen LogP contribution in [-0.4, -0.2) is 58.7 Å². The number of amides is 1. The van der Waals surface area contributed by atoms with E-state index < -0.39 is 12.1 Å². The first-order valence-electron chi connectivity index (χ1n) is 9.94. The molecule has 2 saturated heterocycles. The molecule has 2 N–H and O–H groups in total. The van der Waals surface area contributed by atoms with Crippen molar-refractivity contribution in [2.75, 3.05) is 18.0 Å². The quantitative estimate of drug-likeness (QED) is 0.720. The molecule has 174 valence electrons. The molecule has 12 heteroatoms. The summed E-state index contributed by atoms with van der Waals surface area (Å²) < 4.78 is 43.0. The number of halogens is 3. The molecular formula is C20H23F3N4O5. The van der Waals surface area contributed by atoms with E-state index >= 15 is 0 Å². The van der Waals surface area contributed by atoms with Gasteiger partial charge >= 0.3 is 12.1 Å². The molecule has 9 nitrogen and oxygen atoms in total. The normalized spacial score (nSPS) is 22.5. The summed E-state index contributed by atoms with van der Waals surface area (Å²) in [6, 6.07) is 7.61. The van der Waals surface area contributed by atoms with E-state index in [0.717, 1.165) is 43.2 Å². The Balaban J connectivity index is 0.000000360. The van der Waals surface area contributed by atoms with Gasteiger partial charge in [0, 0.05) is 13.1 Å². The van der Waals surface area contributed by atoms with Crippen molar-refractivity contribution in [1.29, 1.82) is 0 Å². The third-order valence-electron chi connectivity index (χ3n) is 5.21. The Labute approximate surface area is 181 Å². The summed E-state index contributed by atoms with van der Waals surface area (Å²) in [4.78, 5) is 23.4. The Bertz CT molecular complexity index is 905. The predicted octanol–water partition coefficient (Wildman–Crippen LogP) is 2.31. The molecule has 4 rings (SSSR count). The fourth-order valence-corrected chi connectivity index (χ4v) is 3.57. The number of carbonyl (C=O) groups excluding carboxylic acids is 1. The van der Waals surface area contributed by atoms with Gasteiger partial charge < -0.3 is 24.5 Å². The van der Waals surface area contributed by atoms with E-state index in [1.165, 1.54) is 0 Å². The van der Waals surface area contributed by atoms with E-state index in [1.54, 1.807) is 6.26 Å². The fourth-order valence-electron chi connectivity index (χ4n) is 3.57. The minimum absolute atomic E-state index is 0.0625. The monoisotopic (exact) mass is 456 g/mol. The van der Waals surface area contributed by atoms with Crippen molar-refractivity contribution in [3.8, 4) is 0 Å². The molecule has 4 heterocycles. The van der Waals surface area contributed by atoms with Crippen LogP contribution in [0.4, 0.5) is 19.0 Å². The average Bonchev–Trinajstić information content (AvgIpc) is 3.41. The van der Waals surface area contributed by atoms with Crippen molar-refractivity contribution in [2.24, 2.45) is 5.92 Å². The molecule has 0 aliphatic carbocycles. The summed E-state index contributed by atoms with van der Waals surface area (Å²) in [6.07, 6.45) is -2.01. The van der Waals surface area contributed by atoms with Crippen LogP contribution in [0, 0.1) is 12.8 Å². The zero-order valence-electron chi connectivity index (χ0n) is 17.2. The Hall–Kier alpha value is -3.15. The lowest BCUT2D eigenvalue weighted by Gasteiger charge is -2.34. The largest absolute Gasteiger partial charge is 0.490 e. The highest BCUT2D eigenvalue weighted by Gasteiger charge is 2.42. The van der Waals surface area contributed by atoms with E-state index in [1.807, 2.05) is 31.2 Å². The van der Waals surface area contributed by atoms with Crippen LogP contribution < -0.4 is 10.2 Å². The van der Waals surface area contributed by atoms with Gasteiger partial charge in [-0.3, -0.25) is 4.79 Å². The molecule has 32 heavy (non-hydrogen) atoms. The summed E-state index contributed by atoms with van der Waals surface area (Å²) in [5, 5.41) is 18.4. The first-order valence-corrected chi connectivity index (χ1v) is 9.94. The van der Waals surface area contributed by atoms with Gasteiger partial charge in [0.05, 0.1) is 24.6 Å². The zero-order valence-corrected chi connectivity index (χ0v) is 17.2. The van der Waals surface area contributed by atoms with Crippen molar-refractivity contribution in [2.45, 2.75) is 44.7 Å². The second kappa shape index (κ2) is 9.98. The number of nitrogens with one attached hydrogen (secondary N) is 1. The number of carbonyl (C=O) groups is 2. The van der Waals surface area contributed by atoms with E-state index in [2.05, 4.69) is 20.4 Å². The molecule has 0 bridgehead atoms. The zero-order chi connectivity index (χ0) is 23.3. The number of piperidine rings is 1. The summed E-state index contributed by atoms with van der Waals surface area (Å²) in [5.41, 5.74) is 0.907. The smallest absolute Gasteiger partial charge is 0.475 e. The van der Waals surface area contributed by atoms with Gasteiger partial charge in [0.2, 0.25) is 5.91 Å². The summed E-state index contributed by atoms with van der Waals surface area (Å²) in [5.74, 6) is -0.778. The molecule has 0 spiro atoms. The van der Waals surface area contributed by atoms with Crippen molar-refractivity contribution in [3.63, 3.8) is 0 Å². The molecule has 2 aromatic rings.